The molecule has 2 atom stereocenters. The number of benzene rings is 1. The molecule has 1 aromatic rings. The van der Waals surface area contributed by atoms with Crippen LogP contribution in [0.1, 0.15) is 18.9 Å². The first-order valence-electron chi connectivity index (χ1n) is 5.29. The second-order valence-corrected chi connectivity index (χ2v) is 4.69. The molecule has 86 valence electrons. The van der Waals surface area contributed by atoms with Gasteiger partial charge in [0.1, 0.15) is 5.82 Å². The van der Waals surface area contributed by atoms with Crippen molar-refractivity contribution in [3.63, 3.8) is 0 Å². The van der Waals surface area contributed by atoms with Crippen LogP contribution in [0.15, 0.2) is 18.2 Å². The van der Waals surface area contributed by atoms with E-state index in [1.807, 2.05) is 0 Å². The zero-order chi connectivity index (χ0) is 11.7. The molecule has 0 spiro atoms. The number of halogens is 2. The Morgan fingerprint density at radius 1 is 1.62 bits per heavy atom. The van der Waals surface area contributed by atoms with Crippen molar-refractivity contribution >= 4 is 17.5 Å². The smallest absolute Gasteiger partial charge is 0.223 e. The van der Waals surface area contributed by atoms with Gasteiger partial charge in [-0.25, -0.2) is 4.39 Å². The minimum atomic E-state index is -0.437. The average molecular weight is 242 g/mol. The molecule has 2 rings (SSSR count). The highest BCUT2D eigenvalue weighted by Crippen LogP contribution is 2.37. The lowest BCUT2D eigenvalue weighted by Gasteiger charge is -2.05. The van der Waals surface area contributed by atoms with Gasteiger partial charge in [-0.05, 0) is 30.0 Å². The molecule has 1 saturated carbocycles. The maximum atomic E-state index is 12.9. The third-order valence-electron chi connectivity index (χ3n) is 2.90. The molecule has 2 nitrogen and oxygen atoms in total. The Morgan fingerprint density at radius 3 is 2.88 bits per heavy atom. The van der Waals surface area contributed by atoms with Crippen molar-refractivity contribution < 1.29 is 9.18 Å². The highest BCUT2D eigenvalue weighted by atomic mass is 35.5. The molecule has 0 radical (unpaired) electrons. The molecular formula is C12H13ClFNO. The van der Waals surface area contributed by atoms with E-state index in [1.165, 1.54) is 12.1 Å². The van der Waals surface area contributed by atoms with Gasteiger partial charge in [0.25, 0.3) is 0 Å². The van der Waals surface area contributed by atoms with Gasteiger partial charge in [0.05, 0.1) is 5.02 Å². The van der Waals surface area contributed by atoms with Crippen LogP contribution >= 0.6 is 11.6 Å². The fraction of sp³-hybridized carbons (Fsp3) is 0.417. The number of rotatable bonds is 3. The molecule has 0 aliphatic heterocycles. The predicted molar refractivity (Wildman–Crippen MR) is 60.5 cm³/mol. The van der Waals surface area contributed by atoms with Crippen LogP contribution in [-0.2, 0) is 11.3 Å². The molecule has 1 aliphatic carbocycles. The van der Waals surface area contributed by atoms with Gasteiger partial charge < -0.3 is 5.32 Å². The van der Waals surface area contributed by atoms with Crippen LogP contribution in [0.3, 0.4) is 0 Å². The van der Waals surface area contributed by atoms with Gasteiger partial charge in [-0.3, -0.25) is 4.79 Å². The van der Waals surface area contributed by atoms with Gasteiger partial charge in [0.15, 0.2) is 0 Å². The quantitative estimate of drug-likeness (QED) is 0.866. The summed E-state index contributed by atoms with van der Waals surface area (Å²) in [6.45, 7) is 2.46. The van der Waals surface area contributed by atoms with Gasteiger partial charge in [-0.2, -0.15) is 0 Å². The molecule has 1 fully saturated rings. The number of nitrogens with one attached hydrogen (secondary N) is 1. The van der Waals surface area contributed by atoms with Crippen LogP contribution in [0.2, 0.25) is 5.02 Å². The van der Waals surface area contributed by atoms with Gasteiger partial charge in [-0.15, -0.1) is 0 Å². The van der Waals surface area contributed by atoms with Gasteiger partial charge in [0.2, 0.25) is 5.91 Å². The summed E-state index contributed by atoms with van der Waals surface area (Å²) in [5.41, 5.74) is 0.813. The van der Waals surface area contributed by atoms with Crippen LogP contribution in [0.4, 0.5) is 4.39 Å². The minimum Gasteiger partial charge on any atom is -0.352 e. The molecule has 1 amide bonds. The third kappa shape index (κ3) is 2.53. The van der Waals surface area contributed by atoms with Crippen LogP contribution < -0.4 is 5.32 Å². The van der Waals surface area contributed by atoms with Crippen molar-refractivity contribution in [2.24, 2.45) is 11.8 Å². The summed E-state index contributed by atoms with van der Waals surface area (Å²) in [5, 5.41) is 2.91. The molecule has 0 aromatic heterocycles. The Labute approximate surface area is 98.8 Å². The van der Waals surface area contributed by atoms with E-state index in [-0.39, 0.29) is 16.8 Å². The van der Waals surface area contributed by atoms with E-state index in [9.17, 15) is 9.18 Å². The first kappa shape index (κ1) is 11.4. The number of hydrogen-bond donors (Lipinski definition) is 1. The van der Waals surface area contributed by atoms with Gasteiger partial charge in [0, 0.05) is 12.5 Å². The van der Waals surface area contributed by atoms with Crippen molar-refractivity contribution in [3.05, 3.63) is 34.6 Å². The molecule has 1 aliphatic rings. The van der Waals surface area contributed by atoms with E-state index >= 15 is 0 Å². The fourth-order valence-electron chi connectivity index (χ4n) is 1.66. The van der Waals surface area contributed by atoms with Crippen molar-refractivity contribution in [3.8, 4) is 0 Å². The second kappa shape index (κ2) is 4.42. The van der Waals surface area contributed by atoms with Gasteiger partial charge >= 0.3 is 0 Å². The van der Waals surface area contributed by atoms with E-state index in [1.54, 1.807) is 6.07 Å². The summed E-state index contributed by atoms with van der Waals surface area (Å²) in [6.07, 6.45) is 0.968. The lowest BCUT2D eigenvalue weighted by molar-refractivity contribution is -0.122. The van der Waals surface area contributed by atoms with Crippen molar-refractivity contribution in [1.82, 2.24) is 5.32 Å². The molecule has 0 heterocycles. The lowest BCUT2D eigenvalue weighted by Crippen LogP contribution is -2.24. The Morgan fingerprint density at radius 2 is 2.31 bits per heavy atom. The Hall–Kier alpha value is -1.09. The molecule has 0 saturated heterocycles. The Kier molecular flexibility index (Phi) is 3.15. The van der Waals surface area contributed by atoms with Crippen LogP contribution in [-0.4, -0.2) is 5.91 Å². The van der Waals surface area contributed by atoms with Crippen molar-refractivity contribution in [2.45, 2.75) is 19.9 Å². The normalized spacial score (nSPS) is 22.9. The maximum Gasteiger partial charge on any atom is 0.223 e. The lowest BCUT2D eigenvalue weighted by atomic mass is 10.2. The van der Waals surface area contributed by atoms with Crippen molar-refractivity contribution in [2.75, 3.05) is 0 Å². The molecular weight excluding hydrogens is 229 g/mol. The van der Waals surface area contributed by atoms with Crippen LogP contribution in [0.5, 0.6) is 0 Å². The zero-order valence-corrected chi connectivity index (χ0v) is 9.72. The minimum absolute atomic E-state index is 0.0768. The summed E-state index contributed by atoms with van der Waals surface area (Å²) in [4.78, 5) is 11.5. The SMILES string of the molecule is C[C@@H]1C[C@H]1C(=O)NCc1ccc(F)c(Cl)c1. The van der Waals surface area contributed by atoms with Gasteiger partial charge in [-0.1, -0.05) is 24.6 Å². The topological polar surface area (TPSA) is 29.1 Å². The standard InChI is InChI=1S/C12H13ClFNO/c1-7-4-9(7)12(16)15-6-8-2-3-11(14)10(13)5-8/h2-3,5,7,9H,4,6H2,1H3,(H,15,16)/t7-,9-/m1/s1. The van der Waals surface area contributed by atoms with E-state index in [0.29, 0.717) is 12.5 Å². The fourth-order valence-corrected chi connectivity index (χ4v) is 1.86. The first-order chi connectivity index (χ1) is 7.58. The Balaban J connectivity index is 1.89. The van der Waals surface area contributed by atoms with Crippen LogP contribution in [0.25, 0.3) is 0 Å². The summed E-state index contributed by atoms with van der Waals surface area (Å²) >= 11 is 5.64. The summed E-state index contributed by atoms with van der Waals surface area (Å²) in [6, 6.07) is 4.47. The molecule has 0 bridgehead atoms. The molecule has 1 N–H and O–H groups in total. The molecule has 16 heavy (non-hydrogen) atoms. The second-order valence-electron chi connectivity index (χ2n) is 4.29. The maximum absolute atomic E-state index is 12.9. The first-order valence-corrected chi connectivity index (χ1v) is 5.67. The summed E-state index contributed by atoms with van der Waals surface area (Å²) in [7, 11) is 0. The van der Waals surface area contributed by atoms with E-state index in [2.05, 4.69) is 12.2 Å². The van der Waals surface area contributed by atoms with Crippen molar-refractivity contribution in [1.29, 1.82) is 0 Å². The highest BCUT2D eigenvalue weighted by molar-refractivity contribution is 6.30. The predicted octanol–water partition coefficient (Wildman–Crippen LogP) is 2.75. The molecule has 4 heteroatoms. The third-order valence-corrected chi connectivity index (χ3v) is 3.19. The largest absolute Gasteiger partial charge is 0.352 e. The Bertz CT molecular complexity index is 421. The monoisotopic (exact) mass is 241 g/mol. The average Bonchev–Trinajstić information content (AvgIpc) is 2.97. The highest BCUT2D eigenvalue weighted by Gasteiger charge is 2.38. The number of hydrogen-bond acceptors (Lipinski definition) is 1. The number of amides is 1. The number of carbonyl (C=O) groups excluding carboxylic acids is 1. The van der Waals surface area contributed by atoms with E-state index in [0.717, 1.165) is 12.0 Å². The molecule has 1 aromatic carbocycles. The van der Waals surface area contributed by atoms with Crippen LogP contribution in [0, 0.1) is 17.7 Å². The van der Waals surface area contributed by atoms with E-state index < -0.39 is 5.82 Å². The summed E-state index contributed by atoms with van der Waals surface area (Å²) < 4.78 is 12.9. The molecule has 0 unspecified atom stereocenters. The number of carbonyl (C=O) groups is 1. The zero-order valence-electron chi connectivity index (χ0n) is 8.97. The van der Waals surface area contributed by atoms with E-state index in [4.69, 9.17) is 11.6 Å². The summed E-state index contributed by atoms with van der Waals surface area (Å²) in [5.74, 6) is 0.299.